The van der Waals surface area contributed by atoms with Crippen LogP contribution in [-0.4, -0.2) is 12.0 Å². The van der Waals surface area contributed by atoms with E-state index in [2.05, 4.69) is 36.9 Å². The van der Waals surface area contributed by atoms with Crippen molar-refractivity contribution in [1.82, 2.24) is 0 Å². The summed E-state index contributed by atoms with van der Waals surface area (Å²) in [6, 6.07) is 11.2. The highest BCUT2D eigenvalue weighted by Crippen LogP contribution is 2.24. The average molecular weight is 285 g/mol. The highest BCUT2D eigenvalue weighted by Gasteiger charge is 2.12. The predicted molar refractivity (Wildman–Crippen MR) is 85.5 cm³/mol. The zero-order chi connectivity index (χ0) is 15.6. The van der Waals surface area contributed by atoms with E-state index in [9.17, 15) is 10.1 Å². The molecular weight excluding hydrogens is 266 g/mol. The molecule has 0 unspecified atom stereocenters. The molecule has 0 radical (unpaired) electrons. The molecule has 110 valence electrons. The Morgan fingerprint density at radius 3 is 2.29 bits per heavy atom. The number of hydrogen-bond donors (Lipinski definition) is 1. The first-order valence-corrected chi connectivity index (χ1v) is 6.69. The van der Waals surface area contributed by atoms with Crippen molar-refractivity contribution < 1.29 is 4.92 Å². The average Bonchev–Trinajstić information content (AvgIpc) is 2.37. The van der Waals surface area contributed by atoms with E-state index in [1.165, 1.54) is 17.2 Å². The molecule has 0 fully saturated rings. The van der Waals surface area contributed by atoms with E-state index in [1.54, 1.807) is 12.1 Å². The third-order valence-electron chi connectivity index (χ3n) is 3.36. The SMILES string of the molecule is Cc1cc(C)cc(N(C)Cc2ccc([N+](=O)[O-])c(N)c2)c1. The topological polar surface area (TPSA) is 72.4 Å². The summed E-state index contributed by atoms with van der Waals surface area (Å²) in [5.41, 5.74) is 10.4. The van der Waals surface area contributed by atoms with Crippen LogP contribution in [0.1, 0.15) is 16.7 Å². The zero-order valence-corrected chi connectivity index (χ0v) is 12.5. The van der Waals surface area contributed by atoms with Crippen LogP contribution in [-0.2, 0) is 6.54 Å². The number of hydrogen-bond acceptors (Lipinski definition) is 4. The van der Waals surface area contributed by atoms with Gasteiger partial charge in [0.1, 0.15) is 5.69 Å². The fourth-order valence-electron chi connectivity index (χ4n) is 2.40. The van der Waals surface area contributed by atoms with Crippen LogP contribution in [0.5, 0.6) is 0 Å². The van der Waals surface area contributed by atoms with Gasteiger partial charge in [-0.3, -0.25) is 10.1 Å². The van der Waals surface area contributed by atoms with Crippen LogP contribution in [0.25, 0.3) is 0 Å². The Balaban J connectivity index is 2.21. The van der Waals surface area contributed by atoms with Crippen LogP contribution in [0.4, 0.5) is 17.1 Å². The van der Waals surface area contributed by atoms with Gasteiger partial charge in [0.05, 0.1) is 4.92 Å². The number of anilines is 2. The molecule has 0 heterocycles. The van der Waals surface area contributed by atoms with Crippen molar-refractivity contribution in [3.8, 4) is 0 Å². The second kappa shape index (κ2) is 5.83. The van der Waals surface area contributed by atoms with Gasteiger partial charge < -0.3 is 10.6 Å². The minimum absolute atomic E-state index is 0.0483. The standard InChI is InChI=1S/C16H19N3O2/c1-11-6-12(2)8-14(7-11)18(3)10-13-4-5-16(19(20)21)15(17)9-13/h4-9H,10,17H2,1-3H3. The summed E-state index contributed by atoms with van der Waals surface area (Å²) in [6.45, 7) is 4.77. The highest BCUT2D eigenvalue weighted by molar-refractivity contribution is 5.60. The molecule has 2 rings (SSSR count). The number of nitro benzene ring substituents is 1. The minimum atomic E-state index is -0.466. The van der Waals surface area contributed by atoms with Gasteiger partial charge in [-0.1, -0.05) is 12.1 Å². The van der Waals surface area contributed by atoms with Crippen molar-refractivity contribution >= 4 is 17.1 Å². The van der Waals surface area contributed by atoms with Gasteiger partial charge in [-0.25, -0.2) is 0 Å². The Morgan fingerprint density at radius 1 is 1.14 bits per heavy atom. The maximum atomic E-state index is 10.8. The first-order chi connectivity index (χ1) is 9.86. The number of aryl methyl sites for hydroxylation is 2. The van der Waals surface area contributed by atoms with Gasteiger partial charge in [0.2, 0.25) is 0 Å². The summed E-state index contributed by atoms with van der Waals surface area (Å²) in [6.07, 6.45) is 0. The number of nitrogen functional groups attached to an aromatic ring is 1. The molecule has 0 aliphatic heterocycles. The lowest BCUT2D eigenvalue weighted by atomic mass is 10.1. The number of rotatable bonds is 4. The normalized spacial score (nSPS) is 10.4. The van der Waals surface area contributed by atoms with Gasteiger partial charge in [-0.15, -0.1) is 0 Å². The Bertz CT molecular complexity index is 663. The summed E-state index contributed by atoms with van der Waals surface area (Å²) in [7, 11) is 1.99. The van der Waals surface area contributed by atoms with Crippen molar-refractivity contribution in [2.75, 3.05) is 17.7 Å². The molecule has 0 amide bonds. The van der Waals surface area contributed by atoms with Crippen molar-refractivity contribution in [3.63, 3.8) is 0 Å². The Labute approximate surface area is 124 Å². The fourth-order valence-corrected chi connectivity index (χ4v) is 2.40. The second-order valence-corrected chi connectivity index (χ2v) is 5.35. The molecule has 2 N–H and O–H groups in total. The maximum Gasteiger partial charge on any atom is 0.292 e. The van der Waals surface area contributed by atoms with Crippen molar-refractivity contribution in [2.24, 2.45) is 0 Å². The molecular formula is C16H19N3O2. The molecule has 2 aromatic carbocycles. The van der Waals surface area contributed by atoms with Gasteiger partial charge in [0, 0.05) is 25.3 Å². The van der Waals surface area contributed by atoms with Crippen LogP contribution in [0.15, 0.2) is 36.4 Å². The monoisotopic (exact) mass is 285 g/mol. The third-order valence-corrected chi connectivity index (χ3v) is 3.36. The summed E-state index contributed by atoms with van der Waals surface area (Å²) in [4.78, 5) is 12.4. The molecule has 21 heavy (non-hydrogen) atoms. The van der Waals surface area contributed by atoms with E-state index in [-0.39, 0.29) is 11.4 Å². The van der Waals surface area contributed by atoms with Crippen LogP contribution in [0.3, 0.4) is 0 Å². The van der Waals surface area contributed by atoms with Gasteiger partial charge in [-0.05, 0) is 48.7 Å². The van der Waals surface area contributed by atoms with E-state index in [0.717, 1.165) is 11.3 Å². The predicted octanol–water partition coefficient (Wildman–Crippen LogP) is 3.43. The summed E-state index contributed by atoms with van der Waals surface area (Å²) < 4.78 is 0. The van der Waals surface area contributed by atoms with Crippen LogP contribution >= 0.6 is 0 Å². The van der Waals surface area contributed by atoms with Crippen LogP contribution in [0.2, 0.25) is 0 Å². The summed E-state index contributed by atoms with van der Waals surface area (Å²) >= 11 is 0. The summed E-state index contributed by atoms with van der Waals surface area (Å²) in [5.74, 6) is 0. The largest absolute Gasteiger partial charge is 0.393 e. The van der Waals surface area contributed by atoms with Gasteiger partial charge >= 0.3 is 0 Å². The molecule has 0 aromatic heterocycles. The number of benzene rings is 2. The van der Waals surface area contributed by atoms with E-state index in [4.69, 9.17) is 5.73 Å². The summed E-state index contributed by atoms with van der Waals surface area (Å²) in [5, 5.41) is 10.8. The van der Waals surface area contributed by atoms with Crippen molar-refractivity contribution in [1.29, 1.82) is 0 Å². The van der Waals surface area contributed by atoms with E-state index in [1.807, 2.05) is 7.05 Å². The molecule has 0 aliphatic carbocycles. The van der Waals surface area contributed by atoms with Crippen molar-refractivity contribution in [2.45, 2.75) is 20.4 Å². The van der Waals surface area contributed by atoms with Gasteiger partial charge in [0.25, 0.3) is 5.69 Å². The Kier molecular flexibility index (Phi) is 4.12. The third kappa shape index (κ3) is 3.51. The Morgan fingerprint density at radius 2 is 1.76 bits per heavy atom. The zero-order valence-electron chi connectivity index (χ0n) is 12.5. The highest BCUT2D eigenvalue weighted by atomic mass is 16.6. The fraction of sp³-hybridized carbons (Fsp3) is 0.250. The molecule has 0 aliphatic rings. The number of nitrogens with zero attached hydrogens (tertiary/aromatic N) is 2. The van der Waals surface area contributed by atoms with E-state index >= 15 is 0 Å². The molecule has 0 bridgehead atoms. The molecule has 2 aromatic rings. The lowest BCUT2D eigenvalue weighted by molar-refractivity contribution is -0.383. The van der Waals surface area contributed by atoms with Gasteiger partial charge in [-0.2, -0.15) is 0 Å². The quantitative estimate of drug-likeness (QED) is 0.530. The van der Waals surface area contributed by atoms with E-state index < -0.39 is 4.92 Å². The first kappa shape index (κ1) is 14.8. The molecule has 0 saturated heterocycles. The second-order valence-electron chi connectivity index (χ2n) is 5.35. The van der Waals surface area contributed by atoms with Crippen LogP contribution in [0, 0.1) is 24.0 Å². The smallest absolute Gasteiger partial charge is 0.292 e. The lowest BCUT2D eigenvalue weighted by Crippen LogP contribution is -2.16. The Hall–Kier alpha value is -2.56. The molecule has 5 heteroatoms. The first-order valence-electron chi connectivity index (χ1n) is 6.69. The van der Waals surface area contributed by atoms with Gasteiger partial charge in [0.15, 0.2) is 0 Å². The molecule has 0 saturated carbocycles. The lowest BCUT2D eigenvalue weighted by Gasteiger charge is -2.20. The molecule has 0 atom stereocenters. The maximum absolute atomic E-state index is 10.8. The van der Waals surface area contributed by atoms with Crippen LogP contribution < -0.4 is 10.6 Å². The van der Waals surface area contributed by atoms with E-state index in [0.29, 0.717) is 6.54 Å². The minimum Gasteiger partial charge on any atom is -0.393 e. The molecule has 0 spiro atoms. The molecule has 5 nitrogen and oxygen atoms in total. The number of nitrogens with two attached hydrogens (primary N) is 1. The number of nitro groups is 1. The van der Waals surface area contributed by atoms with Crippen molar-refractivity contribution in [3.05, 3.63) is 63.2 Å².